The van der Waals surface area contributed by atoms with Crippen LogP contribution in [0.25, 0.3) is 5.69 Å². The molecule has 4 rings (SSSR count). The number of rotatable bonds is 5. The number of ether oxygens (including phenoxy) is 3. The van der Waals surface area contributed by atoms with Crippen LogP contribution in [0.15, 0.2) is 36.4 Å². The fourth-order valence-electron chi connectivity index (χ4n) is 3.92. The predicted molar refractivity (Wildman–Crippen MR) is 111 cm³/mol. The van der Waals surface area contributed by atoms with Crippen LogP contribution in [0.5, 0.6) is 11.5 Å². The molecule has 0 saturated carbocycles. The summed E-state index contributed by atoms with van der Waals surface area (Å²) >= 11 is 6.25. The summed E-state index contributed by atoms with van der Waals surface area (Å²) in [5.74, 6) is -0.450. The maximum Gasteiger partial charge on any atom is 0.452 e. The van der Waals surface area contributed by atoms with Gasteiger partial charge in [-0.15, -0.1) is 10.2 Å². The molecule has 0 N–H and O–H groups in total. The first-order chi connectivity index (χ1) is 15.8. The van der Waals surface area contributed by atoms with E-state index in [2.05, 4.69) is 10.2 Å². The second kappa shape index (κ2) is 8.92. The van der Waals surface area contributed by atoms with Crippen molar-refractivity contribution in [3.63, 3.8) is 0 Å². The van der Waals surface area contributed by atoms with Crippen molar-refractivity contribution >= 4 is 11.6 Å². The Bertz CT molecular complexity index is 1220. The second-order valence-electron chi connectivity index (χ2n) is 7.20. The third-order valence-electron chi connectivity index (χ3n) is 5.28. The minimum absolute atomic E-state index is 0.0396. The molecule has 0 spiro atoms. The topological polar surface area (TPSA) is 82.2 Å². The lowest BCUT2D eigenvalue weighted by atomic mass is 9.98. The molecular formula is C22H18ClF3N4O3. The maximum atomic E-state index is 13.9. The number of alkyl halides is 3. The lowest BCUT2D eigenvalue weighted by molar-refractivity contribution is -0.146. The molecule has 1 aliphatic rings. The highest BCUT2D eigenvalue weighted by Crippen LogP contribution is 2.47. The maximum absolute atomic E-state index is 13.9. The highest BCUT2D eigenvalue weighted by atomic mass is 35.5. The van der Waals surface area contributed by atoms with Gasteiger partial charge in [0.1, 0.15) is 12.2 Å². The number of fused-ring (bicyclic) bond motifs is 3. The molecule has 33 heavy (non-hydrogen) atoms. The normalized spacial score (nSPS) is 17.5. The standard InChI is InChI=1S/C22H18ClF3N4O3/c1-31-16-6-3-5-13(19(16)32-2)18-14-11-12(23)8-9-15(14)30-20(17(33-18)7-4-10-27)28-29-21(30)22(24,25)26/h3,5-6,8-9,11,17-18H,4,7H2,1-2H3/t17-,18-/m1/s1. The van der Waals surface area contributed by atoms with Crippen LogP contribution in [0, 0.1) is 11.3 Å². The predicted octanol–water partition coefficient (Wildman–Crippen LogP) is 5.42. The number of methoxy groups -OCH3 is 2. The van der Waals surface area contributed by atoms with Gasteiger partial charge in [0.05, 0.1) is 26.0 Å². The van der Waals surface area contributed by atoms with Crippen molar-refractivity contribution in [3.05, 3.63) is 64.2 Å². The fourth-order valence-corrected chi connectivity index (χ4v) is 4.10. The Labute approximate surface area is 192 Å². The van der Waals surface area contributed by atoms with Crippen LogP contribution in [-0.2, 0) is 10.9 Å². The molecule has 3 aromatic rings. The van der Waals surface area contributed by atoms with Gasteiger partial charge in [0.2, 0.25) is 5.82 Å². The van der Waals surface area contributed by atoms with E-state index in [1.165, 1.54) is 32.4 Å². The molecule has 1 aliphatic heterocycles. The zero-order chi connectivity index (χ0) is 23.8. The molecule has 0 radical (unpaired) electrons. The van der Waals surface area contributed by atoms with Crippen molar-refractivity contribution in [2.75, 3.05) is 14.2 Å². The zero-order valence-corrected chi connectivity index (χ0v) is 18.3. The summed E-state index contributed by atoms with van der Waals surface area (Å²) < 4.78 is 59.8. The Balaban J connectivity index is 2.02. The summed E-state index contributed by atoms with van der Waals surface area (Å²) in [5.41, 5.74) is 1.05. The van der Waals surface area contributed by atoms with Crippen molar-refractivity contribution in [2.24, 2.45) is 0 Å². The average molecular weight is 479 g/mol. The van der Waals surface area contributed by atoms with Gasteiger partial charge in [0, 0.05) is 22.6 Å². The number of para-hydroxylation sites is 1. The molecular weight excluding hydrogens is 461 g/mol. The third-order valence-corrected chi connectivity index (χ3v) is 5.51. The molecule has 172 valence electrons. The van der Waals surface area contributed by atoms with Gasteiger partial charge in [-0.3, -0.25) is 4.57 Å². The monoisotopic (exact) mass is 478 g/mol. The number of aromatic nitrogens is 3. The lowest BCUT2D eigenvalue weighted by Gasteiger charge is -2.24. The van der Waals surface area contributed by atoms with E-state index in [4.69, 9.17) is 31.1 Å². The van der Waals surface area contributed by atoms with E-state index in [-0.39, 0.29) is 24.4 Å². The first-order valence-electron chi connectivity index (χ1n) is 9.85. The van der Waals surface area contributed by atoms with E-state index in [0.29, 0.717) is 27.6 Å². The molecule has 0 saturated heterocycles. The highest BCUT2D eigenvalue weighted by Gasteiger charge is 2.43. The smallest absolute Gasteiger partial charge is 0.452 e. The van der Waals surface area contributed by atoms with Crippen molar-refractivity contribution in [2.45, 2.75) is 31.2 Å². The van der Waals surface area contributed by atoms with E-state index in [1.54, 1.807) is 18.2 Å². The van der Waals surface area contributed by atoms with Gasteiger partial charge in [0.25, 0.3) is 0 Å². The summed E-state index contributed by atoms with van der Waals surface area (Å²) in [5, 5.41) is 16.6. The Hall–Kier alpha value is -3.29. The molecule has 1 aromatic heterocycles. The van der Waals surface area contributed by atoms with Crippen LogP contribution in [-0.4, -0.2) is 29.0 Å². The molecule has 0 bridgehead atoms. The van der Waals surface area contributed by atoms with E-state index in [9.17, 15) is 13.2 Å². The molecule has 0 amide bonds. The lowest BCUT2D eigenvalue weighted by Crippen LogP contribution is -2.16. The first kappa shape index (κ1) is 22.9. The van der Waals surface area contributed by atoms with Crippen molar-refractivity contribution < 1.29 is 27.4 Å². The summed E-state index contributed by atoms with van der Waals surface area (Å²) in [7, 11) is 2.94. The SMILES string of the molecule is COc1cccc([C@H]2O[C@H](CCC#N)c3nnc(C(F)(F)F)n3-c3ccc(Cl)cc32)c1OC. The molecule has 0 fully saturated rings. The van der Waals surface area contributed by atoms with Gasteiger partial charge < -0.3 is 14.2 Å². The summed E-state index contributed by atoms with van der Waals surface area (Å²) in [6.07, 6.45) is -6.47. The molecule has 2 aromatic carbocycles. The number of benzene rings is 2. The van der Waals surface area contributed by atoms with Gasteiger partial charge >= 0.3 is 6.18 Å². The van der Waals surface area contributed by atoms with E-state index in [1.807, 2.05) is 6.07 Å². The molecule has 7 nitrogen and oxygen atoms in total. The van der Waals surface area contributed by atoms with Gasteiger partial charge in [-0.2, -0.15) is 18.4 Å². The quantitative estimate of drug-likeness (QED) is 0.487. The number of nitriles is 1. The third kappa shape index (κ3) is 4.10. The fraction of sp³-hybridized carbons (Fsp3) is 0.318. The Morgan fingerprint density at radius 1 is 1.15 bits per heavy atom. The van der Waals surface area contributed by atoms with Gasteiger partial charge in [-0.05, 0) is 30.7 Å². The van der Waals surface area contributed by atoms with E-state index < -0.39 is 24.2 Å². The Morgan fingerprint density at radius 3 is 2.61 bits per heavy atom. The van der Waals surface area contributed by atoms with Gasteiger partial charge in [-0.25, -0.2) is 0 Å². The highest BCUT2D eigenvalue weighted by molar-refractivity contribution is 6.30. The molecule has 11 heteroatoms. The van der Waals surface area contributed by atoms with E-state index >= 15 is 0 Å². The minimum atomic E-state index is -4.77. The van der Waals surface area contributed by atoms with Crippen LogP contribution >= 0.6 is 11.6 Å². The Kier molecular flexibility index (Phi) is 6.19. The molecule has 2 heterocycles. The summed E-state index contributed by atoms with van der Waals surface area (Å²) in [4.78, 5) is 0. The zero-order valence-electron chi connectivity index (χ0n) is 17.6. The van der Waals surface area contributed by atoms with E-state index in [0.717, 1.165) is 4.57 Å². The summed E-state index contributed by atoms with van der Waals surface area (Å²) in [6.45, 7) is 0. The average Bonchev–Trinajstić information content (AvgIpc) is 3.19. The number of hydrogen-bond acceptors (Lipinski definition) is 6. The van der Waals surface area contributed by atoms with Gasteiger partial charge in [-0.1, -0.05) is 23.7 Å². The minimum Gasteiger partial charge on any atom is -0.493 e. The molecule has 0 unspecified atom stereocenters. The van der Waals surface area contributed by atoms with Crippen molar-refractivity contribution in [1.82, 2.24) is 14.8 Å². The van der Waals surface area contributed by atoms with Crippen LogP contribution < -0.4 is 9.47 Å². The summed E-state index contributed by atoms with van der Waals surface area (Å²) in [6, 6.07) is 11.6. The van der Waals surface area contributed by atoms with Crippen LogP contribution in [0.4, 0.5) is 13.2 Å². The second-order valence-corrected chi connectivity index (χ2v) is 7.64. The molecule has 2 atom stereocenters. The number of nitrogens with zero attached hydrogens (tertiary/aromatic N) is 4. The van der Waals surface area contributed by atoms with Crippen LogP contribution in [0.3, 0.4) is 0 Å². The largest absolute Gasteiger partial charge is 0.493 e. The number of hydrogen-bond donors (Lipinski definition) is 0. The van der Waals surface area contributed by atoms with Crippen LogP contribution in [0.2, 0.25) is 5.02 Å². The van der Waals surface area contributed by atoms with Crippen molar-refractivity contribution in [3.8, 4) is 23.3 Å². The van der Waals surface area contributed by atoms with Gasteiger partial charge in [0.15, 0.2) is 17.3 Å². The van der Waals surface area contributed by atoms with Crippen LogP contribution in [0.1, 0.15) is 47.8 Å². The number of halogens is 4. The first-order valence-corrected chi connectivity index (χ1v) is 10.2. The van der Waals surface area contributed by atoms with Crippen molar-refractivity contribution in [1.29, 1.82) is 5.26 Å². The Morgan fingerprint density at radius 2 is 1.94 bits per heavy atom. The molecule has 0 aliphatic carbocycles.